The molecule has 0 spiro atoms. The van der Waals surface area contributed by atoms with Gasteiger partial charge in [-0.15, -0.1) is 0 Å². The number of sulfone groups is 1. The molecule has 0 saturated heterocycles. The second-order valence-electron chi connectivity index (χ2n) is 2.34. The van der Waals surface area contributed by atoms with E-state index in [1.165, 1.54) is 0 Å². The van der Waals surface area contributed by atoms with Crippen LogP contribution in [0, 0.1) is 0 Å². The standard InChI is InChI=1S/C5H4N2O3S/c8-5-3-1-11(9,10)2-4(3)6-7-5/h1H,2H2,(H,7,8). The Hall–Kier alpha value is -1.17. The lowest BCUT2D eigenvalue weighted by molar-refractivity contribution is -0.116. The second-order valence-corrected chi connectivity index (χ2v) is 4.19. The lowest BCUT2D eigenvalue weighted by Crippen LogP contribution is -2.11. The van der Waals surface area contributed by atoms with Crippen LogP contribution in [0.2, 0.25) is 0 Å². The highest BCUT2D eigenvalue weighted by molar-refractivity contribution is 7.95. The summed E-state index contributed by atoms with van der Waals surface area (Å²) in [5, 5.41) is 4.51. The topological polar surface area (TPSA) is 75.6 Å². The van der Waals surface area contributed by atoms with E-state index in [2.05, 4.69) is 10.5 Å². The molecule has 2 rings (SSSR count). The van der Waals surface area contributed by atoms with Gasteiger partial charge in [0, 0.05) is 5.41 Å². The molecule has 0 saturated carbocycles. The minimum absolute atomic E-state index is 0.152. The number of nitrogens with one attached hydrogen (secondary N) is 1. The van der Waals surface area contributed by atoms with Gasteiger partial charge < -0.3 is 0 Å². The van der Waals surface area contributed by atoms with E-state index in [0.717, 1.165) is 5.41 Å². The first kappa shape index (κ1) is 6.53. The summed E-state index contributed by atoms with van der Waals surface area (Å²) in [6.45, 7) is 0. The van der Waals surface area contributed by atoms with Gasteiger partial charge >= 0.3 is 0 Å². The molecule has 2 aliphatic rings. The van der Waals surface area contributed by atoms with Crippen molar-refractivity contribution in [2.24, 2.45) is 5.10 Å². The molecule has 5 nitrogen and oxygen atoms in total. The summed E-state index contributed by atoms with van der Waals surface area (Å²) in [5.41, 5.74) is 2.69. The van der Waals surface area contributed by atoms with Crippen LogP contribution >= 0.6 is 0 Å². The number of nitrogens with zero attached hydrogens (tertiary/aromatic N) is 1. The van der Waals surface area contributed by atoms with Crippen LogP contribution in [-0.4, -0.2) is 25.8 Å². The van der Waals surface area contributed by atoms with E-state index in [9.17, 15) is 13.2 Å². The predicted octanol–water partition coefficient (Wildman–Crippen LogP) is -1.22. The number of carbonyl (C=O) groups is 1. The van der Waals surface area contributed by atoms with Gasteiger partial charge in [-0.1, -0.05) is 0 Å². The molecule has 58 valence electrons. The zero-order valence-electron chi connectivity index (χ0n) is 5.36. The van der Waals surface area contributed by atoms with E-state index in [1.807, 2.05) is 0 Å². The normalized spacial score (nSPS) is 25.6. The van der Waals surface area contributed by atoms with Crippen molar-refractivity contribution >= 4 is 21.5 Å². The largest absolute Gasteiger partial charge is 0.274 e. The van der Waals surface area contributed by atoms with Gasteiger partial charge in [-0.05, 0) is 0 Å². The van der Waals surface area contributed by atoms with Crippen molar-refractivity contribution in [2.75, 3.05) is 5.75 Å². The molecule has 0 aromatic carbocycles. The number of fused-ring (bicyclic) bond motifs is 1. The summed E-state index contributed by atoms with van der Waals surface area (Å²) in [6.07, 6.45) is 0. The lowest BCUT2D eigenvalue weighted by atomic mass is 10.2. The molecule has 0 aromatic rings. The van der Waals surface area contributed by atoms with Crippen molar-refractivity contribution in [3.63, 3.8) is 0 Å². The summed E-state index contributed by atoms with van der Waals surface area (Å²) < 4.78 is 21.7. The Labute approximate surface area is 62.7 Å². The number of hydrogen-bond donors (Lipinski definition) is 1. The molecular weight excluding hydrogens is 168 g/mol. The Morgan fingerprint density at radius 3 is 2.91 bits per heavy atom. The fourth-order valence-corrected chi connectivity index (χ4v) is 2.30. The average molecular weight is 172 g/mol. The Morgan fingerprint density at radius 1 is 1.55 bits per heavy atom. The first-order valence-electron chi connectivity index (χ1n) is 2.90. The van der Waals surface area contributed by atoms with Crippen LogP contribution in [0.3, 0.4) is 0 Å². The monoisotopic (exact) mass is 172 g/mol. The molecule has 0 atom stereocenters. The van der Waals surface area contributed by atoms with Crippen LogP contribution in [0.25, 0.3) is 0 Å². The summed E-state index contributed by atoms with van der Waals surface area (Å²) in [5.74, 6) is -0.581. The molecule has 2 heterocycles. The van der Waals surface area contributed by atoms with Gasteiger partial charge in [-0.3, -0.25) is 4.79 Å². The number of hydrogen-bond acceptors (Lipinski definition) is 4. The van der Waals surface area contributed by atoms with Crippen LogP contribution in [0.1, 0.15) is 0 Å². The van der Waals surface area contributed by atoms with Crippen molar-refractivity contribution in [1.82, 2.24) is 5.43 Å². The van der Waals surface area contributed by atoms with Gasteiger partial charge in [0.1, 0.15) is 0 Å². The van der Waals surface area contributed by atoms with Crippen LogP contribution in [0.15, 0.2) is 16.1 Å². The Balaban J connectivity index is 2.59. The average Bonchev–Trinajstić information content (AvgIpc) is 2.31. The van der Waals surface area contributed by atoms with Gasteiger partial charge in [-0.25, -0.2) is 13.8 Å². The third-order valence-electron chi connectivity index (χ3n) is 1.48. The van der Waals surface area contributed by atoms with Crippen LogP contribution in [0.4, 0.5) is 0 Å². The Kier molecular flexibility index (Phi) is 1.01. The third-order valence-corrected chi connectivity index (χ3v) is 2.75. The van der Waals surface area contributed by atoms with Crippen molar-refractivity contribution in [1.29, 1.82) is 0 Å². The lowest BCUT2D eigenvalue weighted by Gasteiger charge is -1.85. The minimum atomic E-state index is -3.19. The molecule has 0 fully saturated rings. The molecule has 0 bridgehead atoms. The third kappa shape index (κ3) is 0.864. The zero-order chi connectivity index (χ0) is 8.06. The Bertz CT molecular complexity index is 390. The molecular formula is C5H4N2O3S. The number of hydrazone groups is 1. The molecule has 6 heteroatoms. The summed E-state index contributed by atoms with van der Waals surface area (Å²) in [6, 6.07) is 0. The second kappa shape index (κ2) is 1.70. The first-order chi connectivity index (χ1) is 5.08. The minimum Gasteiger partial charge on any atom is -0.267 e. The number of rotatable bonds is 0. The fourth-order valence-electron chi connectivity index (χ4n) is 1.01. The maximum atomic E-state index is 10.9. The van der Waals surface area contributed by atoms with E-state index >= 15 is 0 Å². The number of amides is 1. The Morgan fingerprint density at radius 2 is 2.27 bits per heavy atom. The van der Waals surface area contributed by atoms with Crippen molar-refractivity contribution in [2.45, 2.75) is 0 Å². The summed E-state index contributed by atoms with van der Waals surface area (Å²) >= 11 is 0. The van der Waals surface area contributed by atoms with Crippen LogP contribution in [-0.2, 0) is 14.6 Å². The molecule has 0 aromatic heterocycles. The van der Waals surface area contributed by atoms with Gasteiger partial charge in [0.25, 0.3) is 5.91 Å². The maximum Gasteiger partial charge on any atom is 0.274 e. The highest BCUT2D eigenvalue weighted by atomic mass is 32.2. The SMILES string of the molecule is O=C1NN=C2CS(=O)(=O)C=C12. The van der Waals surface area contributed by atoms with E-state index in [0.29, 0.717) is 5.71 Å². The highest BCUT2D eigenvalue weighted by Crippen LogP contribution is 2.17. The van der Waals surface area contributed by atoms with E-state index in [-0.39, 0.29) is 11.3 Å². The van der Waals surface area contributed by atoms with Crippen LogP contribution < -0.4 is 5.43 Å². The number of carbonyl (C=O) groups excluding carboxylic acids is 1. The predicted molar refractivity (Wildman–Crippen MR) is 37.4 cm³/mol. The van der Waals surface area contributed by atoms with Crippen LogP contribution in [0.5, 0.6) is 0 Å². The van der Waals surface area contributed by atoms with Crippen molar-refractivity contribution in [3.8, 4) is 0 Å². The molecule has 2 aliphatic heterocycles. The van der Waals surface area contributed by atoms with Gasteiger partial charge in [-0.2, -0.15) is 5.10 Å². The molecule has 0 radical (unpaired) electrons. The summed E-state index contributed by atoms with van der Waals surface area (Å²) in [4.78, 5) is 10.8. The summed E-state index contributed by atoms with van der Waals surface area (Å²) in [7, 11) is -3.19. The van der Waals surface area contributed by atoms with E-state index < -0.39 is 15.7 Å². The van der Waals surface area contributed by atoms with Crippen molar-refractivity contribution in [3.05, 3.63) is 11.0 Å². The van der Waals surface area contributed by atoms with E-state index in [1.54, 1.807) is 0 Å². The fraction of sp³-hybridized carbons (Fsp3) is 0.200. The first-order valence-corrected chi connectivity index (χ1v) is 4.62. The zero-order valence-corrected chi connectivity index (χ0v) is 6.18. The molecule has 11 heavy (non-hydrogen) atoms. The molecule has 0 unspecified atom stereocenters. The van der Waals surface area contributed by atoms with Gasteiger partial charge in [0.05, 0.1) is 17.0 Å². The van der Waals surface area contributed by atoms with Crippen molar-refractivity contribution < 1.29 is 13.2 Å². The van der Waals surface area contributed by atoms with Gasteiger partial charge in [0.2, 0.25) is 0 Å². The molecule has 1 amide bonds. The molecule has 0 aliphatic carbocycles. The quantitative estimate of drug-likeness (QED) is 0.498. The highest BCUT2D eigenvalue weighted by Gasteiger charge is 2.33. The van der Waals surface area contributed by atoms with E-state index in [4.69, 9.17) is 0 Å². The van der Waals surface area contributed by atoms with Gasteiger partial charge in [0.15, 0.2) is 9.84 Å². The smallest absolute Gasteiger partial charge is 0.267 e. The maximum absolute atomic E-state index is 10.9. The molecule has 1 N–H and O–H groups in total.